The normalized spacial score (nSPS) is 11.7. The summed E-state index contributed by atoms with van der Waals surface area (Å²) in [4.78, 5) is 14.7. The smallest absolute Gasteiger partial charge is 0.164 e. The molecule has 0 aliphatic carbocycles. The van der Waals surface area contributed by atoms with Crippen molar-refractivity contribution in [3.63, 3.8) is 0 Å². The lowest BCUT2D eigenvalue weighted by molar-refractivity contribution is 0.674. The van der Waals surface area contributed by atoms with E-state index in [1.54, 1.807) is 4.57 Å². The molecule has 234 valence electrons. The van der Waals surface area contributed by atoms with Gasteiger partial charge in [0.2, 0.25) is 0 Å². The molecule has 0 N–H and O–H groups in total. The quantitative estimate of drug-likeness (QED) is 0.172. The molecule has 0 amide bonds. The van der Waals surface area contributed by atoms with E-state index in [-0.39, 0.29) is 137 Å². The predicted octanol–water partition coefficient (Wildman–Crippen LogP) is -7.02. The first-order valence-electron chi connectivity index (χ1n) is 17.5. The predicted molar refractivity (Wildman–Crippen MR) is 253 cm³/mol. The molecule has 0 saturated heterocycles. The molecule has 58 heavy (non-hydrogen) atoms. The number of benzene rings is 6. The van der Waals surface area contributed by atoms with E-state index in [0.717, 1.165) is 0 Å². The van der Waals surface area contributed by atoms with E-state index in [1.807, 2.05) is 60.7 Å². The van der Waals surface area contributed by atoms with Crippen molar-refractivity contribution in [2.45, 2.75) is 0 Å². The SMILES string of the molecule is [B]c1c([B])c(-c2nc(-c3ccccc3)nc(-c3ccccc3)n2)c2c(oc3c([B])c([B])c([B])c(-n4c5c([B])c([B])c([B])c([B])c5c5c([B])c([B])c([B])c([B])c54)c32)c1[B]. The second-order valence-corrected chi connectivity index (χ2v) is 13.8. The van der Waals surface area contributed by atoms with Crippen LogP contribution in [0.25, 0.3) is 83.6 Å². The molecule has 5 nitrogen and oxygen atoms in total. The van der Waals surface area contributed by atoms with E-state index in [1.165, 1.54) is 0 Å². The maximum Gasteiger partial charge on any atom is 0.164 e. The average Bonchev–Trinajstić information content (AvgIpc) is 3.80. The molecule has 0 saturated carbocycles. The molecule has 19 heteroatoms. The Morgan fingerprint density at radius 3 is 1.19 bits per heavy atom. The second kappa shape index (κ2) is 13.7. The minimum atomic E-state index is -0.0690. The Labute approximate surface area is 352 Å². The van der Waals surface area contributed by atoms with Gasteiger partial charge in [-0.1, -0.05) is 104 Å². The van der Waals surface area contributed by atoms with E-state index in [2.05, 4.69) is 0 Å². The molecule has 9 rings (SSSR count). The van der Waals surface area contributed by atoms with Gasteiger partial charge in [0.25, 0.3) is 0 Å². The first-order chi connectivity index (χ1) is 27.6. The van der Waals surface area contributed by atoms with Crippen LogP contribution in [-0.2, 0) is 0 Å². The van der Waals surface area contributed by atoms with Gasteiger partial charge in [-0.2, -0.15) is 0 Å². The van der Waals surface area contributed by atoms with Crippen LogP contribution in [0, 0.1) is 0 Å². The van der Waals surface area contributed by atoms with Gasteiger partial charge in [0, 0.05) is 33.1 Å². The fourth-order valence-electron chi connectivity index (χ4n) is 7.66. The summed E-state index contributed by atoms with van der Waals surface area (Å²) in [6.07, 6.45) is 0. The van der Waals surface area contributed by atoms with Crippen molar-refractivity contribution in [1.82, 2.24) is 19.5 Å². The summed E-state index contributed by atoms with van der Waals surface area (Å²) in [6, 6.07) is 18.7. The summed E-state index contributed by atoms with van der Waals surface area (Å²) < 4.78 is 8.10. The fourth-order valence-corrected chi connectivity index (χ4v) is 7.66. The Balaban J connectivity index is 1.56. The summed E-state index contributed by atoms with van der Waals surface area (Å²) in [7, 11) is 93.6. The summed E-state index contributed by atoms with van der Waals surface area (Å²) in [6.45, 7) is 0. The van der Waals surface area contributed by atoms with E-state index in [4.69, 9.17) is 129 Å². The summed E-state index contributed by atoms with van der Waals surface area (Å²) in [5.41, 5.74) is 1.99. The fraction of sp³-hybridized carbons (Fsp3) is 0. The topological polar surface area (TPSA) is 56.7 Å². The van der Waals surface area contributed by atoms with Gasteiger partial charge < -0.3 is 8.98 Å². The lowest BCUT2D eigenvalue weighted by Crippen LogP contribution is -2.49. The molecule has 0 spiro atoms. The van der Waals surface area contributed by atoms with Gasteiger partial charge in [-0.05, 0) is 10.8 Å². The molecular weight excluding hydrogens is 692 g/mol. The zero-order valence-corrected chi connectivity index (χ0v) is 30.6. The Bertz CT molecular complexity index is 3140. The summed E-state index contributed by atoms with van der Waals surface area (Å²) in [5, 5.41) is 0.978. The van der Waals surface area contributed by atoms with Gasteiger partial charge in [-0.15, -0.1) is 32.8 Å². The van der Waals surface area contributed by atoms with Crippen LogP contribution >= 0.6 is 0 Å². The van der Waals surface area contributed by atoms with Gasteiger partial charge in [0.05, 0.1) is 11.1 Å². The van der Waals surface area contributed by atoms with Crippen molar-refractivity contribution in [1.29, 1.82) is 0 Å². The average molecular weight is 702 g/mol. The van der Waals surface area contributed by atoms with Crippen molar-refractivity contribution in [3.05, 3.63) is 60.7 Å². The van der Waals surface area contributed by atoms with Gasteiger partial charge >= 0.3 is 0 Å². The standard InChI is InChI=1S/C39H10B14N4O/c40-18-14-15-19(41)22(44)25(47)28(50)33(15)57(32(14)27(49)24(46)21(18)43)34-17-13-16(20(42)23(45)30(52)35(13)58-36(17)31(53)26(48)29(34)51)39-55-37(11-7-3-1-4-8-11)54-38(56-39)12-9-5-2-6-10-12/h1-10H. The van der Waals surface area contributed by atoms with Crippen molar-refractivity contribution in [2.75, 3.05) is 0 Å². The number of hydrogen-bond acceptors (Lipinski definition) is 4. The van der Waals surface area contributed by atoms with E-state index < -0.39 is 0 Å². The van der Waals surface area contributed by atoms with Crippen LogP contribution in [0.2, 0.25) is 0 Å². The van der Waals surface area contributed by atoms with Gasteiger partial charge in [-0.25, -0.2) is 15.0 Å². The lowest BCUT2D eigenvalue weighted by atomic mass is 9.63. The monoisotopic (exact) mass is 704 g/mol. The highest BCUT2D eigenvalue weighted by molar-refractivity contribution is 6.72. The number of fused-ring (bicyclic) bond motifs is 6. The highest BCUT2D eigenvalue weighted by Gasteiger charge is 2.30. The maximum absolute atomic E-state index is 7.03. The molecule has 0 atom stereocenters. The molecular formula is C39H10B14N4O. The maximum atomic E-state index is 7.03. The zero-order chi connectivity index (χ0) is 41.2. The van der Waals surface area contributed by atoms with Crippen molar-refractivity contribution in [2.24, 2.45) is 0 Å². The third-order valence-corrected chi connectivity index (χ3v) is 10.7. The number of hydrogen-bond donors (Lipinski definition) is 0. The molecule has 28 radical (unpaired) electrons. The Kier molecular flexibility index (Phi) is 9.07. The van der Waals surface area contributed by atoms with E-state index >= 15 is 0 Å². The molecule has 0 fully saturated rings. The molecule has 3 aromatic heterocycles. The largest absolute Gasteiger partial charge is 0.457 e. The van der Waals surface area contributed by atoms with Crippen LogP contribution in [0.15, 0.2) is 65.1 Å². The molecule has 0 bridgehead atoms. The zero-order valence-electron chi connectivity index (χ0n) is 30.6. The second-order valence-electron chi connectivity index (χ2n) is 13.8. The lowest BCUT2D eigenvalue weighted by Gasteiger charge is -2.22. The highest BCUT2D eigenvalue weighted by Crippen LogP contribution is 2.38. The van der Waals surface area contributed by atoms with Crippen LogP contribution < -0.4 is 76.5 Å². The first-order valence-corrected chi connectivity index (χ1v) is 17.5. The molecule has 0 aliphatic rings. The van der Waals surface area contributed by atoms with Crippen molar-refractivity contribution < 1.29 is 4.42 Å². The summed E-state index contributed by atoms with van der Waals surface area (Å²) in [5.74, 6) is 0.769. The number of aromatic nitrogens is 4. The number of nitrogens with zero attached hydrogens (tertiary/aromatic N) is 4. The van der Waals surface area contributed by atoms with Crippen molar-refractivity contribution in [3.8, 4) is 39.9 Å². The number of furan rings is 1. The molecule has 0 aliphatic heterocycles. The molecule has 6 aromatic carbocycles. The van der Waals surface area contributed by atoms with Crippen LogP contribution in [0.5, 0.6) is 0 Å². The van der Waals surface area contributed by atoms with Crippen LogP contribution in [0.3, 0.4) is 0 Å². The van der Waals surface area contributed by atoms with Crippen molar-refractivity contribution >= 4 is 230 Å². The van der Waals surface area contributed by atoms with E-state index in [0.29, 0.717) is 22.8 Å². The molecule has 0 unspecified atom stereocenters. The molecule has 3 heterocycles. The highest BCUT2D eigenvalue weighted by atomic mass is 16.3. The Morgan fingerprint density at radius 2 is 0.724 bits per heavy atom. The van der Waals surface area contributed by atoms with Gasteiger partial charge in [-0.3, -0.25) is 0 Å². The Morgan fingerprint density at radius 1 is 0.345 bits per heavy atom. The Hall–Kier alpha value is -5.16. The third-order valence-electron chi connectivity index (χ3n) is 10.7. The van der Waals surface area contributed by atoms with E-state index in [9.17, 15) is 0 Å². The molecule has 9 aromatic rings. The summed E-state index contributed by atoms with van der Waals surface area (Å²) >= 11 is 0. The van der Waals surface area contributed by atoms with Crippen LogP contribution in [0.4, 0.5) is 0 Å². The van der Waals surface area contributed by atoms with Gasteiger partial charge in [0.15, 0.2) is 17.5 Å². The number of rotatable bonds is 4. The third kappa shape index (κ3) is 5.27. The first kappa shape index (κ1) is 38.4. The van der Waals surface area contributed by atoms with Crippen LogP contribution in [0.1, 0.15) is 0 Å². The van der Waals surface area contributed by atoms with Gasteiger partial charge in [0.1, 0.15) is 121 Å². The van der Waals surface area contributed by atoms with Crippen LogP contribution in [-0.4, -0.2) is 129 Å². The minimum Gasteiger partial charge on any atom is -0.457 e. The minimum absolute atomic E-state index is 0.00213.